The van der Waals surface area contributed by atoms with Crippen molar-refractivity contribution in [3.63, 3.8) is 0 Å². The molecule has 1 saturated heterocycles. The molecule has 5 heteroatoms. The number of carboxylic acid groups (broad SMARTS) is 1. The lowest BCUT2D eigenvalue weighted by Crippen LogP contribution is -2.45. The van der Waals surface area contributed by atoms with Crippen LogP contribution in [-0.2, 0) is 4.79 Å². The van der Waals surface area contributed by atoms with Crippen LogP contribution in [0.3, 0.4) is 0 Å². The van der Waals surface area contributed by atoms with E-state index in [2.05, 4.69) is 21.8 Å². The minimum atomic E-state index is -0.941. The van der Waals surface area contributed by atoms with Crippen LogP contribution in [0.15, 0.2) is 24.4 Å². The highest BCUT2D eigenvalue weighted by Gasteiger charge is 2.16. The number of carboxylic acids is 1. The normalized spacial score (nSPS) is 17.3. The molecule has 1 fully saturated rings. The third-order valence-corrected chi connectivity index (χ3v) is 3.03. The molecule has 1 aromatic rings. The molecule has 0 bridgehead atoms. The molecule has 0 amide bonds. The largest absolute Gasteiger partial charge is 0.478 e. The van der Waals surface area contributed by atoms with Crippen LogP contribution in [0.4, 0.5) is 5.82 Å². The number of aromatic nitrogens is 1. The summed E-state index contributed by atoms with van der Waals surface area (Å²) < 4.78 is 0. The van der Waals surface area contributed by atoms with E-state index in [1.807, 2.05) is 12.1 Å². The van der Waals surface area contributed by atoms with Crippen LogP contribution < -0.4 is 4.90 Å². The van der Waals surface area contributed by atoms with Crippen molar-refractivity contribution in [2.45, 2.75) is 0 Å². The summed E-state index contributed by atoms with van der Waals surface area (Å²) in [5.41, 5.74) is 0.851. The molecule has 0 atom stereocenters. The van der Waals surface area contributed by atoms with Gasteiger partial charge in [0.2, 0.25) is 0 Å². The predicted molar refractivity (Wildman–Crippen MR) is 70.6 cm³/mol. The van der Waals surface area contributed by atoms with Crippen molar-refractivity contribution in [3.8, 4) is 0 Å². The number of rotatable bonds is 3. The summed E-state index contributed by atoms with van der Waals surface area (Å²) in [6, 6.07) is 3.71. The maximum atomic E-state index is 10.6. The molecule has 18 heavy (non-hydrogen) atoms. The molecule has 0 aliphatic carbocycles. The van der Waals surface area contributed by atoms with Crippen molar-refractivity contribution in [1.29, 1.82) is 0 Å². The number of aliphatic carboxylic acids is 1. The first kappa shape index (κ1) is 12.6. The highest BCUT2D eigenvalue weighted by atomic mass is 16.4. The molecule has 0 saturated carbocycles. The topological polar surface area (TPSA) is 56.7 Å². The molecular formula is C13H17N3O2. The van der Waals surface area contributed by atoms with Gasteiger partial charge in [-0.25, -0.2) is 9.78 Å². The fraction of sp³-hybridized carbons (Fsp3) is 0.385. The predicted octanol–water partition coefficient (Wildman–Crippen LogP) is 0.931. The standard InChI is InChI=1S/C13H17N3O2/c1-15-7-9-16(10-8-15)13-11(3-2-6-14-13)4-5-12(17)18/h2-6H,7-10H2,1H3,(H,17,18)/b5-4+. The zero-order chi connectivity index (χ0) is 13.0. The molecule has 2 heterocycles. The summed E-state index contributed by atoms with van der Waals surface area (Å²) in [5, 5.41) is 8.68. The van der Waals surface area contributed by atoms with Crippen LogP contribution in [-0.4, -0.2) is 54.2 Å². The van der Waals surface area contributed by atoms with Crippen molar-refractivity contribution in [2.75, 3.05) is 38.1 Å². The fourth-order valence-electron chi connectivity index (χ4n) is 1.98. The average Bonchev–Trinajstić information content (AvgIpc) is 2.38. The van der Waals surface area contributed by atoms with Gasteiger partial charge < -0.3 is 14.9 Å². The van der Waals surface area contributed by atoms with Gasteiger partial charge in [-0.3, -0.25) is 0 Å². The van der Waals surface area contributed by atoms with Gasteiger partial charge in [0.1, 0.15) is 5.82 Å². The third-order valence-electron chi connectivity index (χ3n) is 3.03. The Morgan fingerprint density at radius 3 is 2.78 bits per heavy atom. The van der Waals surface area contributed by atoms with Crippen LogP contribution in [0.1, 0.15) is 5.56 Å². The van der Waals surface area contributed by atoms with Crippen LogP contribution >= 0.6 is 0 Å². The summed E-state index contributed by atoms with van der Waals surface area (Å²) >= 11 is 0. The van der Waals surface area contributed by atoms with Gasteiger partial charge >= 0.3 is 5.97 Å². The molecule has 1 N–H and O–H groups in total. The molecule has 1 aliphatic rings. The van der Waals surface area contributed by atoms with Gasteiger partial charge in [-0.15, -0.1) is 0 Å². The maximum absolute atomic E-state index is 10.6. The number of piperazine rings is 1. The Morgan fingerprint density at radius 2 is 2.11 bits per heavy atom. The van der Waals surface area contributed by atoms with E-state index < -0.39 is 5.97 Å². The second-order valence-corrected chi connectivity index (χ2v) is 4.38. The van der Waals surface area contributed by atoms with Gasteiger partial charge in [0.15, 0.2) is 0 Å². The van der Waals surface area contributed by atoms with Gasteiger partial charge in [-0.05, 0) is 25.3 Å². The highest BCUT2D eigenvalue weighted by molar-refractivity contribution is 5.86. The molecule has 1 aliphatic heterocycles. The number of likely N-dealkylation sites (N-methyl/N-ethyl adjacent to an activating group) is 1. The Morgan fingerprint density at radius 1 is 1.39 bits per heavy atom. The number of nitrogens with zero attached hydrogens (tertiary/aromatic N) is 3. The number of anilines is 1. The molecule has 0 spiro atoms. The summed E-state index contributed by atoms with van der Waals surface area (Å²) in [4.78, 5) is 19.4. The van der Waals surface area contributed by atoms with Gasteiger partial charge in [0, 0.05) is 44.0 Å². The van der Waals surface area contributed by atoms with E-state index in [0.29, 0.717) is 0 Å². The highest BCUT2D eigenvalue weighted by Crippen LogP contribution is 2.19. The van der Waals surface area contributed by atoms with Crippen molar-refractivity contribution >= 4 is 17.9 Å². The summed E-state index contributed by atoms with van der Waals surface area (Å²) in [6.45, 7) is 3.83. The number of carbonyl (C=O) groups is 1. The SMILES string of the molecule is CN1CCN(c2ncccc2/C=C/C(=O)O)CC1. The van der Waals surface area contributed by atoms with E-state index in [9.17, 15) is 4.79 Å². The fourth-order valence-corrected chi connectivity index (χ4v) is 1.98. The lowest BCUT2D eigenvalue weighted by Gasteiger charge is -2.33. The van der Waals surface area contributed by atoms with E-state index in [-0.39, 0.29) is 0 Å². The van der Waals surface area contributed by atoms with E-state index in [4.69, 9.17) is 5.11 Å². The molecule has 2 rings (SSSR count). The van der Waals surface area contributed by atoms with Crippen molar-refractivity contribution in [1.82, 2.24) is 9.88 Å². The molecule has 96 valence electrons. The maximum Gasteiger partial charge on any atom is 0.328 e. The van der Waals surface area contributed by atoms with Gasteiger partial charge in [-0.1, -0.05) is 0 Å². The Hall–Kier alpha value is -1.88. The Labute approximate surface area is 106 Å². The van der Waals surface area contributed by atoms with Crippen LogP contribution in [0, 0.1) is 0 Å². The van der Waals surface area contributed by atoms with Crippen LogP contribution in [0.2, 0.25) is 0 Å². The average molecular weight is 247 g/mol. The van der Waals surface area contributed by atoms with Gasteiger partial charge in [0.25, 0.3) is 0 Å². The minimum Gasteiger partial charge on any atom is -0.478 e. The second kappa shape index (κ2) is 5.64. The number of pyridine rings is 1. The molecule has 0 aromatic carbocycles. The number of hydrogen-bond donors (Lipinski definition) is 1. The minimum absolute atomic E-state index is 0.851. The first-order chi connectivity index (χ1) is 8.66. The van der Waals surface area contributed by atoms with E-state index in [1.54, 1.807) is 12.3 Å². The summed E-state index contributed by atoms with van der Waals surface area (Å²) in [5.74, 6) is -0.0775. The monoisotopic (exact) mass is 247 g/mol. The van der Waals surface area contributed by atoms with E-state index in [1.165, 1.54) is 0 Å². The second-order valence-electron chi connectivity index (χ2n) is 4.38. The van der Waals surface area contributed by atoms with Crippen LogP contribution in [0.5, 0.6) is 0 Å². The molecule has 0 radical (unpaired) electrons. The van der Waals surface area contributed by atoms with Crippen LogP contribution in [0.25, 0.3) is 6.08 Å². The first-order valence-corrected chi connectivity index (χ1v) is 5.96. The molecule has 5 nitrogen and oxygen atoms in total. The lowest BCUT2D eigenvalue weighted by molar-refractivity contribution is -0.131. The van der Waals surface area contributed by atoms with Gasteiger partial charge in [-0.2, -0.15) is 0 Å². The summed E-state index contributed by atoms with van der Waals surface area (Å²) in [7, 11) is 2.10. The zero-order valence-electron chi connectivity index (χ0n) is 10.4. The van der Waals surface area contributed by atoms with E-state index >= 15 is 0 Å². The Balaban J connectivity index is 2.19. The smallest absolute Gasteiger partial charge is 0.328 e. The Bertz CT molecular complexity index is 451. The zero-order valence-corrected chi connectivity index (χ0v) is 10.4. The lowest BCUT2D eigenvalue weighted by atomic mass is 10.2. The van der Waals surface area contributed by atoms with Crippen molar-refractivity contribution < 1.29 is 9.90 Å². The Kier molecular flexibility index (Phi) is 3.94. The van der Waals surface area contributed by atoms with E-state index in [0.717, 1.165) is 43.6 Å². The molecule has 1 aromatic heterocycles. The first-order valence-electron chi connectivity index (χ1n) is 5.96. The van der Waals surface area contributed by atoms with Crippen molar-refractivity contribution in [3.05, 3.63) is 30.0 Å². The molecule has 0 unspecified atom stereocenters. The molecular weight excluding hydrogens is 230 g/mol. The van der Waals surface area contributed by atoms with Crippen molar-refractivity contribution in [2.24, 2.45) is 0 Å². The summed E-state index contributed by atoms with van der Waals surface area (Å²) in [6.07, 6.45) is 4.49. The number of hydrogen-bond acceptors (Lipinski definition) is 4. The third kappa shape index (κ3) is 3.07. The quantitative estimate of drug-likeness (QED) is 0.805. The van der Waals surface area contributed by atoms with Gasteiger partial charge in [0.05, 0.1) is 0 Å².